The van der Waals surface area contributed by atoms with Crippen molar-refractivity contribution < 1.29 is 9.47 Å². The third-order valence-electron chi connectivity index (χ3n) is 2.94. The number of anilines is 1. The van der Waals surface area contributed by atoms with Gasteiger partial charge in [-0.15, -0.1) is 10.2 Å². The Morgan fingerprint density at radius 3 is 2.65 bits per heavy atom. The molecule has 6 nitrogen and oxygen atoms in total. The first-order valence-electron chi connectivity index (χ1n) is 6.01. The van der Waals surface area contributed by atoms with Crippen molar-refractivity contribution >= 4 is 33.6 Å². The summed E-state index contributed by atoms with van der Waals surface area (Å²) in [6.45, 7) is 1.17. The SMILES string of the molecule is Cn1c(N)nnc1SCc1cc2c(cc1Br)OCCO2. The highest BCUT2D eigenvalue weighted by molar-refractivity contribution is 9.10. The molecule has 1 aromatic carbocycles. The predicted molar refractivity (Wildman–Crippen MR) is 80.1 cm³/mol. The molecule has 1 aliphatic heterocycles. The van der Waals surface area contributed by atoms with E-state index in [1.165, 1.54) is 0 Å². The molecule has 0 saturated heterocycles. The van der Waals surface area contributed by atoms with Crippen molar-refractivity contribution in [3.8, 4) is 11.5 Å². The summed E-state index contributed by atoms with van der Waals surface area (Å²) in [4.78, 5) is 0. The molecule has 2 heterocycles. The molecule has 0 bridgehead atoms. The number of benzene rings is 1. The molecule has 8 heteroatoms. The van der Waals surface area contributed by atoms with Crippen molar-refractivity contribution in [1.29, 1.82) is 0 Å². The Labute approximate surface area is 128 Å². The van der Waals surface area contributed by atoms with Gasteiger partial charge in [0, 0.05) is 17.3 Å². The van der Waals surface area contributed by atoms with E-state index in [0.29, 0.717) is 19.2 Å². The minimum absolute atomic E-state index is 0.411. The highest BCUT2D eigenvalue weighted by Crippen LogP contribution is 2.37. The lowest BCUT2D eigenvalue weighted by Gasteiger charge is -2.19. The van der Waals surface area contributed by atoms with E-state index in [1.807, 2.05) is 19.2 Å². The molecular formula is C12H13BrN4O2S. The molecule has 0 unspecified atom stereocenters. The highest BCUT2D eigenvalue weighted by Gasteiger charge is 2.15. The summed E-state index contributed by atoms with van der Waals surface area (Å²) in [5.41, 5.74) is 6.77. The van der Waals surface area contributed by atoms with Crippen LogP contribution in [0.5, 0.6) is 11.5 Å². The number of thioether (sulfide) groups is 1. The van der Waals surface area contributed by atoms with E-state index >= 15 is 0 Å². The van der Waals surface area contributed by atoms with Crippen LogP contribution in [-0.2, 0) is 12.8 Å². The summed E-state index contributed by atoms with van der Waals surface area (Å²) in [7, 11) is 1.84. The van der Waals surface area contributed by atoms with Crippen molar-refractivity contribution in [3.05, 3.63) is 22.2 Å². The van der Waals surface area contributed by atoms with Crippen molar-refractivity contribution in [1.82, 2.24) is 14.8 Å². The fraction of sp³-hybridized carbons (Fsp3) is 0.333. The van der Waals surface area contributed by atoms with Gasteiger partial charge in [-0.05, 0) is 17.7 Å². The molecule has 1 aliphatic rings. The normalized spacial score (nSPS) is 13.5. The summed E-state index contributed by atoms with van der Waals surface area (Å²) in [6, 6.07) is 3.93. The first kappa shape index (κ1) is 13.6. The van der Waals surface area contributed by atoms with Gasteiger partial charge in [-0.3, -0.25) is 4.57 Å². The van der Waals surface area contributed by atoms with Gasteiger partial charge in [-0.2, -0.15) is 0 Å². The third kappa shape index (κ3) is 2.57. The molecule has 20 heavy (non-hydrogen) atoms. The van der Waals surface area contributed by atoms with Crippen molar-refractivity contribution in [2.24, 2.45) is 7.05 Å². The van der Waals surface area contributed by atoms with Crippen LogP contribution in [0.4, 0.5) is 5.95 Å². The first-order chi connectivity index (χ1) is 9.65. The molecule has 2 aromatic rings. The van der Waals surface area contributed by atoms with Crippen LogP contribution >= 0.6 is 27.7 Å². The third-order valence-corrected chi connectivity index (χ3v) is 4.74. The Kier molecular flexibility index (Phi) is 3.75. The Hall–Kier alpha value is -1.41. The van der Waals surface area contributed by atoms with Crippen LogP contribution in [0.15, 0.2) is 21.8 Å². The monoisotopic (exact) mass is 356 g/mol. The summed E-state index contributed by atoms with van der Waals surface area (Å²) in [5.74, 6) is 2.71. The standard InChI is InChI=1S/C12H13BrN4O2S/c1-17-11(14)15-16-12(17)20-6-7-4-9-10(5-8(7)13)19-3-2-18-9/h4-5H,2-3,6H2,1H3,(H2,14,15). The van der Waals surface area contributed by atoms with Gasteiger partial charge in [0.05, 0.1) is 0 Å². The molecule has 0 spiro atoms. The number of ether oxygens (including phenoxy) is 2. The van der Waals surface area contributed by atoms with E-state index in [4.69, 9.17) is 15.2 Å². The fourth-order valence-electron chi connectivity index (χ4n) is 1.81. The molecule has 0 fully saturated rings. The highest BCUT2D eigenvalue weighted by atomic mass is 79.9. The number of hydrogen-bond donors (Lipinski definition) is 1. The van der Waals surface area contributed by atoms with E-state index in [9.17, 15) is 0 Å². The Balaban J connectivity index is 1.79. The second-order valence-corrected chi connectivity index (χ2v) is 6.07. The zero-order chi connectivity index (χ0) is 14.1. The van der Waals surface area contributed by atoms with E-state index in [1.54, 1.807) is 16.3 Å². The smallest absolute Gasteiger partial charge is 0.222 e. The summed E-state index contributed by atoms with van der Waals surface area (Å²) < 4.78 is 13.9. The van der Waals surface area contributed by atoms with Crippen LogP contribution in [0.1, 0.15) is 5.56 Å². The maximum atomic E-state index is 5.66. The lowest BCUT2D eigenvalue weighted by atomic mass is 10.2. The van der Waals surface area contributed by atoms with Gasteiger partial charge in [0.15, 0.2) is 16.7 Å². The average molecular weight is 357 g/mol. The van der Waals surface area contributed by atoms with Crippen LogP contribution in [0, 0.1) is 0 Å². The zero-order valence-corrected chi connectivity index (χ0v) is 13.2. The topological polar surface area (TPSA) is 75.2 Å². The number of rotatable bonds is 3. The molecule has 0 saturated carbocycles. The van der Waals surface area contributed by atoms with E-state index in [0.717, 1.165) is 32.4 Å². The number of fused-ring (bicyclic) bond motifs is 1. The molecule has 106 valence electrons. The van der Waals surface area contributed by atoms with Gasteiger partial charge in [-0.1, -0.05) is 27.7 Å². The maximum Gasteiger partial charge on any atom is 0.222 e. The Bertz CT molecular complexity index is 647. The van der Waals surface area contributed by atoms with Crippen LogP contribution in [0.3, 0.4) is 0 Å². The quantitative estimate of drug-likeness (QED) is 0.849. The second-order valence-electron chi connectivity index (χ2n) is 4.28. The number of nitrogens with two attached hydrogens (primary N) is 1. The van der Waals surface area contributed by atoms with Gasteiger partial charge in [0.25, 0.3) is 0 Å². The van der Waals surface area contributed by atoms with E-state index in [-0.39, 0.29) is 0 Å². The van der Waals surface area contributed by atoms with Crippen LogP contribution < -0.4 is 15.2 Å². The molecule has 0 aliphatic carbocycles. The molecule has 1 aromatic heterocycles. The van der Waals surface area contributed by atoms with Gasteiger partial charge in [-0.25, -0.2) is 0 Å². The maximum absolute atomic E-state index is 5.66. The molecule has 0 radical (unpaired) electrons. The van der Waals surface area contributed by atoms with Crippen LogP contribution in [-0.4, -0.2) is 28.0 Å². The number of aromatic nitrogens is 3. The average Bonchev–Trinajstić information content (AvgIpc) is 2.76. The van der Waals surface area contributed by atoms with Crippen molar-refractivity contribution in [2.45, 2.75) is 10.9 Å². The predicted octanol–water partition coefficient (Wildman–Crippen LogP) is 2.22. The molecular weight excluding hydrogens is 344 g/mol. The van der Waals surface area contributed by atoms with Crippen LogP contribution in [0.25, 0.3) is 0 Å². The summed E-state index contributed by atoms with van der Waals surface area (Å²) in [5, 5.41) is 8.64. The minimum atomic E-state index is 0.411. The van der Waals surface area contributed by atoms with E-state index < -0.39 is 0 Å². The number of halogens is 1. The van der Waals surface area contributed by atoms with Crippen molar-refractivity contribution in [2.75, 3.05) is 18.9 Å². The molecule has 0 atom stereocenters. The minimum Gasteiger partial charge on any atom is -0.486 e. The summed E-state index contributed by atoms with van der Waals surface area (Å²) >= 11 is 5.13. The molecule has 0 amide bonds. The number of nitrogen functional groups attached to an aromatic ring is 1. The fourth-order valence-corrected chi connectivity index (χ4v) is 3.37. The Morgan fingerprint density at radius 2 is 2.00 bits per heavy atom. The second kappa shape index (κ2) is 5.53. The zero-order valence-electron chi connectivity index (χ0n) is 10.8. The Morgan fingerprint density at radius 1 is 1.30 bits per heavy atom. The lowest BCUT2D eigenvalue weighted by Crippen LogP contribution is -2.15. The number of hydrogen-bond acceptors (Lipinski definition) is 6. The van der Waals surface area contributed by atoms with Crippen molar-refractivity contribution in [3.63, 3.8) is 0 Å². The van der Waals surface area contributed by atoms with Gasteiger partial charge >= 0.3 is 0 Å². The van der Waals surface area contributed by atoms with Crippen LogP contribution in [0.2, 0.25) is 0 Å². The number of nitrogens with zero attached hydrogens (tertiary/aromatic N) is 3. The van der Waals surface area contributed by atoms with Gasteiger partial charge < -0.3 is 15.2 Å². The summed E-state index contributed by atoms with van der Waals surface area (Å²) in [6.07, 6.45) is 0. The lowest BCUT2D eigenvalue weighted by molar-refractivity contribution is 0.171. The largest absolute Gasteiger partial charge is 0.486 e. The van der Waals surface area contributed by atoms with E-state index in [2.05, 4.69) is 26.1 Å². The van der Waals surface area contributed by atoms with Gasteiger partial charge in [0.2, 0.25) is 5.95 Å². The first-order valence-corrected chi connectivity index (χ1v) is 7.78. The van der Waals surface area contributed by atoms with Gasteiger partial charge in [0.1, 0.15) is 13.2 Å². The molecule has 3 rings (SSSR count). The molecule has 2 N–H and O–H groups in total.